The molecule has 2 amide bonds. The fourth-order valence-electron chi connectivity index (χ4n) is 3.42. The quantitative estimate of drug-likeness (QED) is 0.858. The lowest BCUT2D eigenvalue weighted by molar-refractivity contribution is -0.181. The van der Waals surface area contributed by atoms with Crippen molar-refractivity contribution in [2.45, 2.75) is 32.0 Å². The average Bonchev–Trinajstić information content (AvgIpc) is 3.39. The normalized spacial score (nSPS) is 18.4. The third kappa shape index (κ3) is 3.76. The molecule has 1 spiro atoms. The molecule has 4 heterocycles. The summed E-state index contributed by atoms with van der Waals surface area (Å²) in [5.41, 5.74) is 1.000. The Morgan fingerprint density at radius 1 is 1.18 bits per heavy atom. The van der Waals surface area contributed by atoms with Gasteiger partial charge in [0, 0.05) is 38.5 Å². The standard InChI is InChI=1S/C19H23N5O4/c1-2-17(25)22-14-3-4-16(20-11-14)24-12-15(21-13-24)18(26)23-7-5-19(6-8-23)27-9-10-28-19/h3-4,11-13H,2,5-10H2,1H3,(H,22,25). The summed E-state index contributed by atoms with van der Waals surface area (Å²) in [4.78, 5) is 34.5. The number of amides is 2. The molecule has 0 saturated carbocycles. The fraction of sp³-hybridized carbons (Fsp3) is 0.474. The van der Waals surface area contributed by atoms with Crippen LogP contribution in [-0.4, -0.2) is 63.3 Å². The number of likely N-dealkylation sites (tertiary alicyclic amines) is 1. The second-order valence-electron chi connectivity index (χ2n) is 6.87. The number of ether oxygens (including phenoxy) is 2. The topological polar surface area (TPSA) is 98.6 Å². The van der Waals surface area contributed by atoms with Crippen LogP contribution in [-0.2, 0) is 14.3 Å². The summed E-state index contributed by atoms with van der Waals surface area (Å²) in [6, 6.07) is 3.53. The summed E-state index contributed by atoms with van der Waals surface area (Å²) in [5.74, 6) is -0.0683. The highest BCUT2D eigenvalue weighted by Crippen LogP contribution is 2.31. The Morgan fingerprint density at radius 2 is 1.93 bits per heavy atom. The minimum absolute atomic E-state index is 0.0678. The van der Waals surface area contributed by atoms with Crippen molar-refractivity contribution in [3.05, 3.63) is 36.5 Å². The van der Waals surface area contributed by atoms with Crippen molar-refractivity contribution in [1.82, 2.24) is 19.4 Å². The third-order valence-corrected chi connectivity index (χ3v) is 5.05. The van der Waals surface area contributed by atoms with Crippen LogP contribution < -0.4 is 5.32 Å². The van der Waals surface area contributed by atoms with Gasteiger partial charge in [0.2, 0.25) is 5.91 Å². The minimum Gasteiger partial charge on any atom is -0.347 e. The van der Waals surface area contributed by atoms with E-state index in [9.17, 15) is 9.59 Å². The molecule has 9 nitrogen and oxygen atoms in total. The Hall–Kier alpha value is -2.78. The van der Waals surface area contributed by atoms with Gasteiger partial charge in [0.25, 0.3) is 5.91 Å². The summed E-state index contributed by atoms with van der Waals surface area (Å²) in [7, 11) is 0. The first-order chi connectivity index (χ1) is 13.6. The number of rotatable bonds is 4. The molecule has 2 aliphatic rings. The zero-order chi connectivity index (χ0) is 19.6. The van der Waals surface area contributed by atoms with E-state index in [4.69, 9.17) is 9.47 Å². The van der Waals surface area contributed by atoms with Crippen LogP contribution >= 0.6 is 0 Å². The first kappa shape index (κ1) is 18.6. The number of anilines is 1. The molecule has 0 bridgehead atoms. The van der Waals surface area contributed by atoms with Crippen molar-refractivity contribution in [2.24, 2.45) is 0 Å². The molecule has 28 heavy (non-hydrogen) atoms. The van der Waals surface area contributed by atoms with Gasteiger partial charge in [-0.05, 0) is 12.1 Å². The van der Waals surface area contributed by atoms with Gasteiger partial charge in [-0.1, -0.05) is 6.92 Å². The number of carbonyl (C=O) groups is 2. The average molecular weight is 385 g/mol. The van der Waals surface area contributed by atoms with Gasteiger partial charge in [-0.25, -0.2) is 9.97 Å². The Bertz CT molecular complexity index is 847. The van der Waals surface area contributed by atoms with Gasteiger partial charge < -0.3 is 19.7 Å². The van der Waals surface area contributed by atoms with Gasteiger partial charge in [-0.2, -0.15) is 0 Å². The van der Waals surface area contributed by atoms with Crippen molar-refractivity contribution < 1.29 is 19.1 Å². The van der Waals surface area contributed by atoms with Gasteiger partial charge in [0.15, 0.2) is 5.79 Å². The van der Waals surface area contributed by atoms with E-state index in [1.165, 1.54) is 0 Å². The lowest BCUT2D eigenvalue weighted by atomic mass is 10.0. The number of hydrogen-bond donors (Lipinski definition) is 1. The van der Waals surface area contributed by atoms with Crippen LogP contribution in [0.25, 0.3) is 5.82 Å². The number of nitrogens with zero attached hydrogens (tertiary/aromatic N) is 4. The second-order valence-corrected chi connectivity index (χ2v) is 6.87. The fourth-order valence-corrected chi connectivity index (χ4v) is 3.42. The molecule has 148 valence electrons. The zero-order valence-corrected chi connectivity index (χ0v) is 15.8. The molecule has 0 aliphatic carbocycles. The van der Waals surface area contributed by atoms with Gasteiger partial charge in [0.05, 0.1) is 25.1 Å². The maximum absolute atomic E-state index is 12.8. The monoisotopic (exact) mass is 385 g/mol. The highest BCUT2D eigenvalue weighted by atomic mass is 16.7. The summed E-state index contributed by atoms with van der Waals surface area (Å²) >= 11 is 0. The van der Waals surface area contributed by atoms with E-state index in [2.05, 4.69) is 15.3 Å². The molecular weight excluding hydrogens is 362 g/mol. The van der Waals surface area contributed by atoms with Crippen LogP contribution in [0.3, 0.4) is 0 Å². The number of pyridine rings is 1. The first-order valence-electron chi connectivity index (χ1n) is 9.46. The Labute approximate surface area is 162 Å². The smallest absolute Gasteiger partial charge is 0.274 e. The number of hydrogen-bond acceptors (Lipinski definition) is 6. The van der Waals surface area contributed by atoms with E-state index < -0.39 is 5.79 Å². The van der Waals surface area contributed by atoms with E-state index in [-0.39, 0.29) is 11.8 Å². The van der Waals surface area contributed by atoms with Crippen LogP contribution in [0.4, 0.5) is 5.69 Å². The first-order valence-corrected chi connectivity index (χ1v) is 9.46. The highest BCUT2D eigenvalue weighted by Gasteiger charge is 2.41. The Balaban J connectivity index is 1.40. The second kappa shape index (κ2) is 7.69. The number of carbonyl (C=O) groups excluding carboxylic acids is 2. The molecule has 2 fully saturated rings. The van der Waals surface area contributed by atoms with E-state index in [1.54, 1.807) is 47.2 Å². The Kier molecular flexibility index (Phi) is 5.10. The molecule has 2 aromatic heterocycles. The van der Waals surface area contributed by atoms with Crippen LogP contribution in [0, 0.1) is 0 Å². The van der Waals surface area contributed by atoms with Crippen molar-refractivity contribution in [3.8, 4) is 5.82 Å². The number of aromatic nitrogens is 3. The molecular formula is C19H23N5O4. The number of nitrogens with one attached hydrogen (secondary N) is 1. The molecule has 2 aliphatic heterocycles. The van der Waals surface area contributed by atoms with E-state index in [1.807, 2.05) is 0 Å². The van der Waals surface area contributed by atoms with E-state index >= 15 is 0 Å². The summed E-state index contributed by atoms with van der Waals surface area (Å²) in [6.07, 6.45) is 6.56. The lowest BCUT2D eigenvalue weighted by Gasteiger charge is -2.37. The van der Waals surface area contributed by atoms with Crippen LogP contribution in [0.2, 0.25) is 0 Å². The predicted octanol–water partition coefficient (Wildman–Crippen LogP) is 1.59. The van der Waals surface area contributed by atoms with Crippen molar-refractivity contribution in [1.29, 1.82) is 0 Å². The van der Waals surface area contributed by atoms with Gasteiger partial charge in [0.1, 0.15) is 17.8 Å². The van der Waals surface area contributed by atoms with Crippen molar-refractivity contribution in [2.75, 3.05) is 31.6 Å². The number of piperidine rings is 1. The minimum atomic E-state index is -0.505. The molecule has 2 aromatic rings. The van der Waals surface area contributed by atoms with Gasteiger partial charge >= 0.3 is 0 Å². The maximum Gasteiger partial charge on any atom is 0.274 e. The summed E-state index contributed by atoms with van der Waals surface area (Å²) < 4.78 is 13.1. The molecule has 0 unspecified atom stereocenters. The summed E-state index contributed by atoms with van der Waals surface area (Å²) in [5, 5.41) is 2.75. The van der Waals surface area contributed by atoms with E-state index in [0.717, 1.165) is 0 Å². The highest BCUT2D eigenvalue weighted by molar-refractivity contribution is 5.92. The van der Waals surface area contributed by atoms with Gasteiger partial charge in [-0.15, -0.1) is 0 Å². The molecule has 4 rings (SSSR count). The third-order valence-electron chi connectivity index (χ3n) is 5.05. The van der Waals surface area contributed by atoms with E-state index in [0.29, 0.717) is 62.8 Å². The lowest BCUT2D eigenvalue weighted by Crippen LogP contribution is -2.47. The molecule has 0 aromatic carbocycles. The summed E-state index contributed by atoms with van der Waals surface area (Å²) in [6.45, 7) is 4.18. The van der Waals surface area contributed by atoms with Crippen LogP contribution in [0.1, 0.15) is 36.7 Å². The molecule has 1 N–H and O–H groups in total. The van der Waals surface area contributed by atoms with Crippen LogP contribution in [0.15, 0.2) is 30.9 Å². The van der Waals surface area contributed by atoms with Crippen molar-refractivity contribution in [3.63, 3.8) is 0 Å². The molecule has 0 atom stereocenters. The molecule has 9 heteroatoms. The van der Waals surface area contributed by atoms with Gasteiger partial charge in [-0.3, -0.25) is 14.2 Å². The SMILES string of the molecule is CCC(=O)Nc1ccc(-n2cnc(C(=O)N3CCC4(CC3)OCCO4)c2)nc1. The Morgan fingerprint density at radius 3 is 2.57 bits per heavy atom. The maximum atomic E-state index is 12.8. The predicted molar refractivity (Wildman–Crippen MR) is 100 cm³/mol. The zero-order valence-electron chi connectivity index (χ0n) is 15.8. The molecule has 2 saturated heterocycles. The van der Waals surface area contributed by atoms with Crippen LogP contribution in [0.5, 0.6) is 0 Å². The molecule has 0 radical (unpaired) electrons. The largest absolute Gasteiger partial charge is 0.347 e. The van der Waals surface area contributed by atoms with Crippen molar-refractivity contribution >= 4 is 17.5 Å². The number of imidazole rings is 1.